The molecule has 1 unspecified atom stereocenters. The molecule has 1 saturated heterocycles. The van der Waals surface area contributed by atoms with Crippen LogP contribution < -0.4 is 4.90 Å². The van der Waals surface area contributed by atoms with Crippen LogP contribution in [0.4, 0.5) is 5.69 Å². The maximum absolute atomic E-state index is 10.7. The zero-order valence-electron chi connectivity index (χ0n) is 9.93. The Bertz CT molecular complexity index is 406. The first kappa shape index (κ1) is 12.1. The second-order valence-corrected chi connectivity index (χ2v) is 4.29. The van der Waals surface area contributed by atoms with Crippen molar-refractivity contribution in [2.24, 2.45) is 0 Å². The number of aliphatic hydroxyl groups is 1. The van der Waals surface area contributed by atoms with Gasteiger partial charge in [0.25, 0.3) is 0 Å². The highest BCUT2D eigenvalue weighted by Gasteiger charge is 2.20. The molecule has 1 aliphatic rings. The van der Waals surface area contributed by atoms with Gasteiger partial charge < -0.3 is 14.7 Å². The van der Waals surface area contributed by atoms with Crippen molar-refractivity contribution >= 4 is 12.0 Å². The summed E-state index contributed by atoms with van der Waals surface area (Å²) in [6.07, 6.45) is 0.737. The van der Waals surface area contributed by atoms with E-state index in [1.54, 1.807) is 0 Å². The van der Waals surface area contributed by atoms with Gasteiger partial charge in [0.1, 0.15) is 6.29 Å². The molecule has 0 aromatic heterocycles. The van der Waals surface area contributed by atoms with Crippen LogP contribution in [0.3, 0.4) is 0 Å². The summed E-state index contributed by atoms with van der Waals surface area (Å²) in [5, 5.41) is 9.11. The molecule has 1 heterocycles. The van der Waals surface area contributed by atoms with E-state index in [1.165, 1.54) is 0 Å². The number of carbonyl (C=O) groups excluding carboxylic acids is 1. The van der Waals surface area contributed by atoms with Gasteiger partial charge in [-0.3, -0.25) is 4.79 Å². The van der Waals surface area contributed by atoms with Gasteiger partial charge in [0, 0.05) is 24.3 Å². The minimum Gasteiger partial charge on any atom is -0.394 e. The van der Waals surface area contributed by atoms with Crippen LogP contribution in [0.15, 0.2) is 18.2 Å². The Balaban J connectivity index is 2.18. The van der Waals surface area contributed by atoms with Crippen molar-refractivity contribution in [3.05, 3.63) is 29.3 Å². The number of aryl methyl sites for hydroxylation is 1. The Morgan fingerprint density at radius 3 is 3.06 bits per heavy atom. The van der Waals surface area contributed by atoms with Crippen molar-refractivity contribution in [1.82, 2.24) is 0 Å². The van der Waals surface area contributed by atoms with E-state index in [-0.39, 0.29) is 12.7 Å². The lowest BCUT2D eigenvalue weighted by molar-refractivity contribution is 0.00354. The maximum atomic E-state index is 10.7. The van der Waals surface area contributed by atoms with Crippen LogP contribution in [0, 0.1) is 6.92 Å². The monoisotopic (exact) mass is 235 g/mol. The summed E-state index contributed by atoms with van der Waals surface area (Å²) in [5.74, 6) is 0. The second-order valence-electron chi connectivity index (χ2n) is 4.29. The first-order chi connectivity index (χ1) is 8.24. The lowest BCUT2D eigenvalue weighted by Crippen LogP contribution is -2.44. The summed E-state index contributed by atoms with van der Waals surface area (Å²) in [7, 11) is 0. The average Bonchev–Trinajstić information content (AvgIpc) is 2.38. The highest BCUT2D eigenvalue weighted by atomic mass is 16.5. The zero-order valence-corrected chi connectivity index (χ0v) is 9.93. The molecule has 1 N–H and O–H groups in total. The average molecular weight is 235 g/mol. The number of hydrogen-bond acceptors (Lipinski definition) is 4. The molecular weight excluding hydrogens is 218 g/mol. The summed E-state index contributed by atoms with van der Waals surface area (Å²) in [5.41, 5.74) is 2.88. The van der Waals surface area contributed by atoms with E-state index in [9.17, 15) is 4.79 Å². The number of ether oxygens (including phenoxy) is 1. The number of rotatable bonds is 3. The van der Waals surface area contributed by atoms with Crippen LogP contribution in [0.1, 0.15) is 15.9 Å². The minimum absolute atomic E-state index is 0.0436. The molecule has 0 aliphatic carbocycles. The van der Waals surface area contributed by atoms with Gasteiger partial charge in [0.2, 0.25) is 0 Å². The molecule has 92 valence electrons. The quantitative estimate of drug-likeness (QED) is 0.794. The summed E-state index contributed by atoms with van der Waals surface area (Å²) in [6, 6.07) is 5.66. The summed E-state index contributed by atoms with van der Waals surface area (Å²) in [4.78, 5) is 12.9. The first-order valence-electron chi connectivity index (χ1n) is 5.78. The zero-order chi connectivity index (χ0) is 12.3. The van der Waals surface area contributed by atoms with Gasteiger partial charge in [0.15, 0.2) is 0 Å². The van der Waals surface area contributed by atoms with Crippen molar-refractivity contribution < 1.29 is 14.6 Å². The second kappa shape index (κ2) is 5.29. The predicted molar refractivity (Wildman–Crippen MR) is 65.6 cm³/mol. The molecule has 0 amide bonds. The fourth-order valence-electron chi connectivity index (χ4n) is 2.16. The smallest absolute Gasteiger partial charge is 0.150 e. The van der Waals surface area contributed by atoms with Crippen LogP contribution >= 0.6 is 0 Å². The highest BCUT2D eigenvalue weighted by molar-refractivity contribution is 5.77. The molecule has 17 heavy (non-hydrogen) atoms. The van der Waals surface area contributed by atoms with Crippen molar-refractivity contribution in [3.8, 4) is 0 Å². The van der Waals surface area contributed by atoms with Gasteiger partial charge in [-0.2, -0.15) is 0 Å². The van der Waals surface area contributed by atoms with E-state index in [0.29, 0.717) is 18.7 Å². The fourth-order valence-corrected chi connectivity index (χ4v) is 2.16. The molecule has 0 bridgehead atoms. The number of aldehydes is 1. The standard InChI is InChI=1S/C13H17NO3/c1-10-6-11(8-15)2-3-13(10)14-4-5-17-12(7-14)9-16/h2-3,6,8,12,16H,4-5,7,9H2,1H3. The van der Waals surface area contributed by atoms with Crippen molar-refractivity contribution in [2.45, 2.75) is 13.0 Å². The molecule has 1 aromatic carbocycles. The molecule has 0 radical (unpaired) electrons. The lowest BCUT2D eigenvalue weighted by atomic mass is 10.1. The molecule has 1 aromatic rings. The van der Waals surface area contributed by atoms with Crippen LogP contribution in [-0.4, -0.2) is 43.8 Å². The minimum atomic E-state index is -0.117. The molecule has 0 spiro atoms. The maximum Gasteiger partial charge on any atom is 0.150 e. The van der Waals surface area contributed by atoms with E-state index in [4.69, 9.17) is 9.84 Å². The first-order valence-corrected chi connectivity index (χ1v) is 5.78. The van der Waals surface area contributed by atoms with Gasteiger partial charge >= 0.3 is 0 Å². The molecule has 1 atom stereocenters. The topological polar surface area (TPSA) is 49.8 Å². The number of benzene rings is 1. The molecular formula is C13H17NO3. The fraction of sp³-hybridized carbons (Fsp3) is 0.462. The third-order valence-electron chi connectivity index (χ3n) is 3.04. The molecule has 1 fully saturated rings. The third-order valence-corrected chi connectivity index (χ3v) is 3.04. The molecule has 1 aliphatic heterocycles. The van der Waals surface area contributed by atoms with E-state index in [0.717, 1.165) is 24.1 Å². The van der Waals surface area contributed by atoms with Crippen LogP contribution in [0.25, 0.3) is 0 Å². The SMILES string of the molecule is Cc1cc(C=O)ccc1N1CCOC(CO)C1. The van der Waals surface area contributed by atoms with E-state index >= 15 is 0 Å². The largest absolute Gasteiger partial charge is 0.394 e. The normalized spacial score (nSPS) is 20.4. The van der Waals surface area contributed by atoms with Crippen molar-refractivity contribution in [1.29, 1.82) is 0 Å². The molecule has 4 heteroatoms. The Hall–Kier alpha value is -1.39. The summed E-state index contributed by atoms with van der Waals surface area (Å²) >= 11 is 0. The Morgan fingerprint density at radius 1 is 1.59 bits per heavy atom. The predicted octanol–water partition coefficient (Wildman–Crippen LogP) is 1.01. The van der Waals surface area contributed by atoms with Crippen LogP contribution in [0.5, 0.6) is 0 Å². The van der Waals surface area contributed by atoms with Crippen molar-refractivity contribution in [2.75, 3.05) is 31.2 Å². The number of aliphatic hydroxyl groups excluding tert-OH is 1. The molecule has 4 nitrogen and oxygen atoms in total. The van der Waals surface area contributed by atoms with Gasteiger partial charge in [-0.25, -0.2) is 0 Å². The summed E-state index contributed by atoms with van der Waals surface area (Å²) in [6.45, 7) is 4.17. The Labute approximate surface area is 101 Å². The van der Waals surface area contributed by atoms with Gasteiger partial charge in [-0.15, -0.1) is 0 Å². The molecule has 2 rings (SSSR count). The van der Waals surface area contributed by atoms with Crippen molar-refractivity contribution in [3.63, 3.8) is 0 Å². The highest BCUT2D eigenvalue weighted by Crippen LogP contribution is 2.22. The van der Waals surface area contributed by atoms with E-state index in [1.807, 2.05) is 25.1 Å². The lowest BCUT2D eigenvalue weighted by Gasteiger charge is -2.34. The van der Waals surface area contributed by atoms with E-state index in [2.05, 4.69) is 4.90 Å². The number of carbonyl (C=O) groups is 1. The summed E-state index contributed by atoms with van der Waals surface area (Å²) < 4.78 is 5.42. The van der Waals surface area contributed by atoms with Gasteiger partial charge in [-0.1, -0.05) is 0 Å². The van der Waals surface area contributed by atoms with Crippen LogP contribution in [-0.2, 0) is 4.74 Å². The Kier molecular flexibility index (Phi) is 3.76. The molecule has 0 saturated carbocycles. The third kappa shape index (κ3) is 2.65. The van der Waals surface area contributed by atoms with Gasteiger partial charge in [0.05, 0.1) is 19.3 Å². The van der Waals surface area contributed by atoms with Gasteiger partial charge in [-0.05, 0) is 30.7 Å². The van der Waals surface area contributed by atoms with Crippen LogP contribution in [0.2, 0.25) is 0 Å². The number of anilines is 1. The Morgan fingerprint density at radius 2 is 2.41 bits per heavy atom. The number of hydrogen-bond donors (Lipinski definition) is 1. The number of nitrogens with zero attached hydrogens (tertiary/aromatic N) is 1. The number of morpholine rings is 1. The van der Waals surface area contributed by atoms with E-state index < -0.39 is 0 Å².